The number of ether oxygens (including phenoxy) is 1. The van der Waals surface area contributed by atoms with Crippen molar-refractivity contribution in [1.29, 1.82) is 0 Å². The standard InChI is InChI=1S/C10H5Cl2NO2S/c11-6-2-1-3-7(12)9(6)15-10-13-8(14)4-5-16-10/h1-5H. The lowest BCUT2D eigenvalue weighted by Gasteiger charge is -2.06. The molecule has 0 saturated carbocycles. The van der Waals surface area contributed by atoms with Crippen LogP contribution in [0.3, 0.4) is 0 Å². The molecule has 0 spiro atoms. The Morgan fingerprint density at radius 3 is 2.50 bits per heavy atom. The third-order valence-corrected chi connectivity index (χ3v) is 2.93. The van der Waals surface area contributed by atoms with Gasteiger partial charge in [0.15, 0.2) is 5.75 Å². The highest BCUT2D eigenvalue weighted by Gasteiger charge is 2.09. The van der Waals surface area contributed by atoms with Gasteiger partial charge in [0.25, 0.3) is 10.8 Å². The van der Waals surface area contributed by atoms with Crippen LogP contribution in [0.5, 0.6) is 10.9 Å². The van der Waals surface area contributed by atoms with E-state index in [1.807, 2.05) is 0 Å². The normalized spacial score (nSPS) is 10.1. The number of para-hydroxylation sites is 1. The second-order valence-corrected chi connectivity index (χ2v) is 4.46. The monoisotopic (exact) mass is 273 g/mol. The summed E-state index contributed by atoms with van der Waals surface area (Å²) < 4.78 is 5.36. The first kappa shape index (κ1) is 11.4. The number of hydrogen-bond donors (Lipinski definition) is 0. The molecule has 0 aliphatic rings. The highest BCUT2D eigenvalue weighted by atomic mass is 35.5. The molecule has 0 amide bonds. The maximum Gasteiger partial charge on any atom is 0.282 e. The van der Waals surface area contributed by atoms with Gasteiger partial charge in [-0.15, -0.1) is 0 Å². The molecule has 2 aromatic rings. The van der Waals surface area contributed by atoms with Gasteiger partial charge in [0.05, 0.1) is 10.0 Å². The van der Waals surface area contributed by atoms with Crippen LogP contribution in [0.1, 0.15) is 0 Å². The maximum atomic E-state index is 11.0. The molecule has 0 fully saturated rings. The average Bonchev–Trinajstić information content (AvgIpc) is 2.24. The number of rotatable bonds is 2. The summed E-state index contributed by atoms with van der Waals surface area (Å²) in [5, 5.41) is 2.55. The number of nitrogens with zero attached hydrogens (tertiary/aromatic N) is 1. The van der Waals surface area contributed by atoms with E-state index in [0.717, 1.165) is 0 Å². The molecule has 0 unspecified atom stereocenters. The molecule has 82 valence electrons. The zero-order valence-electron chi connectivity index (χ0n) is 7.81. The molecule has 1 heterocycles. The van der Waals surface area contributed by atoms with Crippen LogP contribution >= 0.6 is 34.5 Å². The third kappa shape index (κ3) is 2.52. The zero-order chi connectivity index (χ0) is 11.5. The van der Waals surface area contributed by atoms with Crippen molar-refractivity contribution in [2.75, 3.05) is 0 Å². The first-order valence-electron chi connectivity index (χ1n) is 4.24. The summed E-state index contributed by atoms with van der Waals surface area (Å²) in [5.41, 5.74) is -0.364. The van der Waals surface area contributed by atoms with Gasteiger partial charge in [-0.05, 0) is 12.1 Å². The fourth-order valence-corrected chi connectivity index (χ4v) is 2.07. The van der Waals surface area contributed by atoms with Crippen molar-refractivity contribution in [1.82, 2.24) is 4.98 Å². The zero-order valence-corrected chi connectivity index (χ0v) is 10.1. The number of aromatic nitrogens is 1. The van der Waals surface area contributed by atoms with Gasteiger partial charge in [0, 0.05) is 11.4 Å². The van der Waals surface area contributed by atoms with E-state index < -0.39 is 0 Å². The van der Waals surface area contributed by atoms with Crippen LogP contribution in [0.2, 0.25) is 10.0 Å². The van der Waals surface area contributed by atoms with Crippen LogP contribution in [0, 0.1) is 0 Å². The van der Waals surface area contributed by atoms with E-state index in [1.165, 1.54) is 17.4 Å². The van der Waals surface area contributed by atoms with Crippen molar-refractivity contribution >= 4 is 34.5 Å². The minimum Gasteiger partial charge on any atom is -0.428 e. The molecular weight excluding hydrogens is 269 g/mol. The summed E-state index contributed by atoms with van der Waals surface area (Å²) in [6, 6.07) is 6.35. The van der Waals surface area contributed by atoms with E-state index in [0.29, 0.717) is 15.8 Å². The molecule has 0 bridgehead atoms. The van der Waals surface area contributed by atoms with E-state index in [2.05, 4.69) is 4.98 Å². The largest absolute Gasteiger partial charge is 0.428 e. The van der Waals surface area contributed by atoms with Crippen molar-refractivity contribution in [3.63, 3.8) is 0 Å². The molecule has 1 aromatic heterocycles. The van der Waals surface area contributed by atoms with Crippen LogP contribution in [-0.2, 0) is 0 Å². The lowest BCUT2D eigenvalue weighted by molar-refractivity contribution is 0.476. The highest BCUT2D eigenvalue weighted by molar-refractivity contribution is 7.11. The molecule has 3 nitrogen and oxygen atoms in total. The second kappa shape index (κ2) is 4.82. The lowest BCUT2D eigenvalue weighted by atomic mass is 10.3. The van der Waals surface area contributed by atoms with E-state index in [1.54, 1.807) is 23.6 Å². The van der Waals surface area contributed by atoms with Gasteiger partial charge in [-0.3, -0.25) is 4.79 Å². The summed E-state index contributed by atoms with van der Waals surface area (Å²) in [4.78, 5) is 14.7. The molecular formula is C10H5Cl2NO2S. The van der Waals surface area contributed by atoms with E-state index in [9.17, 15) is 4.79 Å². The number of halogens is 2. The van der Waals surface area contributed by atoms with Crippen LogP contribution in [0.15, 0.2) is 34.4 Å². The first-order valence-corrected chi connectivity index (χ1v) is 5.88. The van der Waals surface area contributed by atoms with Gasteiger partial charge in [-0.2, -0.15) is 4.98 Å². The summed E-state index contributed by atoms with van der Waals surface area (Å²) in [6.45, 7) is 0. The van der Waals surface area contributed by atoms with Gasteiger partial charge >= 0.3 is 0 Å². The SMILES string of the molecule is O=c1ccsc(Oc2c(Cl)cccc2Cl)n1. The van der Waals surface area contributed by atoms with E-state index in [4.69, 9.17) is 27.9 Å². The Bertz CT molecular complexity index is 550. The third-order valence-electron chi connectivity index (χ3n) is 1.69. The molecule has 0 atom stereocenters. The molecule has 0 saturated heterocycles. The van der Waals surface area contributed by atoms with Gasteiger partial charge < -0.3 is 4.74 Å². The summed E-state index contributed by atoms with van der Waals surface area (Å²) >= 11 is 13.0. The average molecular weight is 274 g/mol. The molecule has 6 heteroatoms. The van der Waals surface area contributed by atoms with Crippen molar-refractivity contribution in [2.45, 2.75) is 0 Å². The molecule has 0 aliphatic heterocycles. The first-order chi connectivity index (χ1) is 7.66. The Balaban J connectivity index is 2.38. The molecule has 0 aliphatic carbocycles. The minimum atomic E-state index is -0.364. The molecule has 2 rings (SSSR count). The predicted octanol–water partition coefficient (Wildman–Crippen LogP) is 3.60. The fourth-order valence-electron chi connectivity index (χ4n) is 1.02. The Morgan fingerprint density at radius 1 is 1.19 bits per heavy atom. The number of hydrogen-bond acceptors (Lipinski definition) is 4. The minimum absolute atomic E-state index is 0.211. The molecule has 1 aromatic carbocycles. The van der Waals surface area contributed by atoms with Crippen molar-refractivity contribution in [2.24, 2.45) is 0 Å². The second-order valence-electron chi connectivity index (χ2n) is 2.79. The van der Waals surface area contributed by atoms with Crippen LogP contribution in [0.4, 0.5) is 0 Å². The Kier molecular flexibility index (Phi) is 3.43. The Labute approximate surface area is 105 Å². The van der Waals surface area contributed by atoms with Crippen molar-refractivity contribution in [3.8, 4) is 10.9 Å². The van der Waals surface area contributed by atoms with Crippen LogP contribution in [-0.4, -0.2) is 4.98 Å². The molecule has 0 N–H and O–H groups in total. The summed E-state index contributed by atoms with van der Waals surface area (Å²) in [5.74, 6) is 0.306. The van der Waals surface area contributed by atoms with Crippen molar-refractivity contribution in [3.05, 3.63) is 50.0 Å². The molecule has 0 radical (unpaired) electrons. The van der Waals surface area contributed by atoms with E-state index in [-0.39, 0.29) is 10.8 Å². The Morgan fingerprint density at radius 2 is 1.88 bits per heavy atom. The quantitative estimate of drug-likeness (QED) is 0.839. The van der Waals surface area contributed by atoms with Gasteiger partial charge in [0.2, 0.25) is 0 Å². The van der Waals surface area contributed by atoms with Gasteiger partial charge in [-0.1, -0.05) is 40.6 Å². The molecule has 16 heavy (non-hydrogen) atoms. The van der Waals surface area contributed by atoms with Crippen LogP contribution < -0.4 is 10.3 Å². The predicted molar refractivity (Wildman–Crippen MR) is 64.9 cm³/mol. The maximum absolute atomic E-state index is 11.0. The summed E-state index contributed by atoms with van der Waals surface area (Å²) in [7, 11) is 0. The summed E-state index contributed by atoms with van der Waals surface area (Å²) in [6.07, 6.45) is 0. The number of benzene rings is 1. The van der Waals surface area contributed by atoms with Crippen LogP contribution in [0.25, 0.3) is 0 Å². The smallest absolute Gasteiger partial charge is 0.282 e. The topological polar surface area (TPSA) is 39.2 Å². The van der Waals surface area contributed by atoms with Gasteiger partial charge in [-0.25, -0.2) is 0 Å². The Hall–Kier alpha value is -1.10. The van der Waals surface area contributed by atoms with E-state index >= 15 is 0 Å². The fraction of sp³-hybridized carbons (Fsp3) is 0. The highest BCUT2D eigenvalue weighted by Crippen LogP contribution is 2.35. The van der Waals surface area contributed by atoms with Gasteiger partial charge in [0.1, 0.15) is 0 Å². The van der Waals surface area contributed by atoms with Crippen molar-refractivity contribution < 1.29 is 4.74 Å². The lowest BCUT2D eigenvalue weighted by Crippen LogP contribution is -2.02.